The molecule has 0 radical (unpaired) electrons. The average molecular weight is 290 g/mol. The Kier molecular flexibility index (Phi) is 3.20. The molecule has 2 heterocycles. The first-order chi connectivity index (χ1) is 9.74. The number of imidazole rings is 1. The minimum absolute atomic E-state index is 0.374. The van der Waals surface area contributed by atoms with Crippen molar-refractivity contribution < 1.29 is 9.47 Å². The number of ether oxygens (including phenoxy) is 2. The third kappa shape index (κ3) is 1.96. The Balaban J connectivity index is 2.18. The molecule has 0 spiro atoms. The molecule has 0 N–H and O–H groups in total. The Morgan fingerprint density at radius 3 is 2.65 bits per heavy atom. The molecule has 0 atom stereocenters. The van der Waals surface area contributed by atoms with E-state index in [1.165, 1.54) is 0 Å². The summed E-state index contributed by atoms with van der Waals surface area (Å²) in [6, 6.07) is 5.70. The van der Waals surface area contributed by atoms with E-state index in [1.54, 1.807) is 26.6 Å². The Morgan fingerprint density at radius 2 is 1.90 bits per heavy atom. The monoisotopic (exact) mass is 289 g/mol. The first-order valence-corrected chi connectivity index (χ1v) is 6.32. The highest BCUT2D eigenvalue weighted by Gasteiger charge is 2.11. The summed E-state index contributed by atoms with van der Waals surface area (Å²) in [4.78, 5) is 8.30. The number of hydrogen-bond donors (Lipinski definition) is 0. The lowest BCUT2D eigenvalue weighted by Crippen LogP contribution is -1.93. The third-order valence-corrected chi connectivity index (χ3v) is 3.33. The van der Waals surface area contributed by atoms with Gasteiger partial charge in [-0.05, 0) is 18.2 Å². The van der Waals surface area contributed by atoms with Crippen LogP contribution in [-0.4, -0.2) is 28.6 Å². The van der Waals surface area contributed by atoms with Crippen molar-refractivity contribution in [2.45, 2.75) is 0 Å². The Labute approximate surface area is 120 Å². The van der Waals surface area contributed by atoms with E-state index in [4.69, 9.17) is 21.1 Å². The summed E-state index contributed by atoms with van der Waals surface area (Å²) in [5.41, 5.74) is 2.49. The molecule has 0 saturated carbocycles. The fourth-order valence-corrected chi connectivity index (χ4v) is 2.29. The van der Waals surface area contributed by atoms with Crippen molar-refractivity contribution >= 4 is 17.2 Å². The highest BCUT2D eigenvalue weighted by atomic mass is 35.5. The zero-order valence-corrected chi connectivity index (χ0v) is 11.8. The van der Waals surface area contributed by atoms with Crippen LogP contribution in [0.1, 0.15) is 0 Å². The molecule has 3 aromatic rings. The molecule has 6 heteroatoms. The van der Waals surface area contributed by atoms with Gasteiger partial charge < -0.3 is 9.47 Å². The lowest BCUT2D eigenvalue weighted by Gasteiger charge is -2.09. The number of methoxy groups -OCH3 is 2. The van der Waals surface area contributed by atoms with Gasteiger partial charge in [-0.25, -0.2) is 9.97 Å². The molecular formula is C14H12ClN3O2. The fourth-order valence-electron chi connectivity index (χ4n) is 2.10. The van der Waals surface area contributed by atoms with Gasteiger partial charge in [0.25, 0.3) is 0 Å². The van der Waals surface area contributed by atoms with Gasteiger partial charge in [-0.15, -0.1) is 0 Å². The molecule has 0 saturated heterocycles. The molecule has 2 aromatic heterocycles. The molecule has 0 bridgehead atoms. The molecule has 0 aliphatic carbocycles. The lowest BCUT2D eigenvalue weighted by molar-refractivity contribution is 0.355. The van der Waals surface area contributed by atoms with Gasteiger partial charge in [0.2, 0.25) is 0 Å². The lowest BCUT2D eigenvalue weighted by atomic mass is 10.1. The van der Waals surface area contributed by atoms with E-state index in [1.807, 2.05) is 28.8 Å². The SMILES string of the molecule is COc1ccc(-c2cnc3c(Cl)nccn23)cc1OC. The van der Waals surface area contributed by atoms with Crippen molar-refractivity contribution in [3.63, 3.8) is 0 Å². The summed E-state index contributed by atoms with van der Waals surface area (Å²) in [6.45, 7) is 0. The van der Waals surface area contributed by atoms with Crippen LogP contribution in [0.4, 0.5) is 0 Å². The van der Waals surface area contributed by atoms with Crippen LogP contribution >= 0.6 is 11.6 Å². The second kappa shape index (κ2) is 5.02. The van der Waals surface area contributed by atoms with Crippen LogP contribution in [0.5, 0.6) is 11.5 Å². The first-order valence-electron chi connectivity index (χ1n) is 5.94. The van der Waals surface area contributed by atoms with Crippen LogP contribution in [0.3, 0.4) is 0 Å². The number of fused-ring (bicyclic) bond motifs is 1. The normalized spacial score (nSPS) is 10.8. The molecule has 102 valence electrons. The average Bonchev–Trinajstić information content (AvgIpc) is 2.92. The maximum Gasteiger partial charge on any atom is 0.175 e. The highest BCUT2D eigenvalue weighted by molar-refractivity contribution is 6.32. The highest BCUT2D eigenvalue weighted by Crippen LogP contribution is 2.32. The van der Waals surface area contributed by atoms with Gasteiger partial charge in [-0.2, -0.15) is 0 Å². The van der Waals surface area contributed by atoms with E-state index in [0.29, 0.717) is 22.3 Å². The van der Waals surface area contributed by atoms with Crippen molar-refractivity contribution in [3.8, 4) is 22.8 Å². The zero-order valence-electron chi connectivity index (χ0n) is 11.0. The van der Waals surface area contributed by atoms with Crippen LogP contribution in [0.15, 0.2) is 36.8 Å². The molecule has 20 heavy (non-hydrogen) atoms. The molecule has 1 aromatic carbocycles. The van der Waals surface area contributed by atoms with Gasteiger partial charge in [0.05, 0.1) is 26.1 Å². The predicted octanol–water partition coefficient (Wildman–Crippen LogP) is 3.07. The number of nitrogens with zero attached hydrogens (tertiary/aromatic N) is 3. The van der Waals surface area contributed by atoms with Gasteiger partial charge in [0, 0.05) is 18.0 Å². The van der Waals surface area contributed by atoms with E-state index < -0.39 is 0 Å². The summed E-state index contributed by atoms with van der Waals surface area (Å²) in [7, 11) is 3.22. The van der Waals surface area contributed by atoms with E-state index in [2.05, 4.69) is 9.97 Å². The van der Waals surface area contributed by atoms with Gasteiger partial charge in [0.1, 0.15) is 0 Å². The van der Waals surface area contributed by atoms with Crippen molar-refractivity contribution in [1.82, 2.24) is 14.4 Å². The number of rotatable bonds is 3. The smallest absolute Gasteiger partial charge is 0.175 e. The van der Waals surface area contributed by atoms with Crippen LogP contribution < -0.4 is 9.47 Å². The van der Waals surface area contributed by atoms with Crippen molar-refractivity contribution in [2.75, 3.05) is 14.2 Å². The maximum atomic E-state index is 6.02. The van der Waals surface area contributed by atoms with Crippen molar-refractivity contribution in [3.05, 3.63) is 41.9 Å². The van der Waals surface area contributed by atoms with Gasteiger partial charge >= 0.3 is 0 Å². The number of halogens is 1. The second-order valence-electron chi connectivity index (χ2n) is 4.12. The second-order valence-corrected chi connectivity index (χ2v) is 4.48. The molecule has 0 amide bonds. The van der Waals surface area contributed by atoms with Crippen molar-refractivity contribution in [1.29, 1.82) is 0 Å². The number of hydrogen-bond acceptors (Lipinski definition) is 4. The van der Waals surface area contributed by atoms with Crippen LogP contribution in [-0.2, 0) is 0 Å². The molecule has 0 fully saturated rings. The van der Waals surface area contributed by atoms with E-state index >= 15 is 0 Å². The number of benzene rings is 1. The predicted molar refractivity (Wildman–Crippen MR) is 76.5 cm³/mol. The summed E-state index contributed by atoms with van der Waals surface area (Å²) in [5.74, 6) is 1.35. The Hall–Kier alpha value is -2.27. The Morgan fingerprint density at radius 1 is 1.10 bits per heavy atom. The standard InChI is InChI=1S/C14H12ClN3O2/c1-19-11-4-3-9(7-12(11)20-2)10-8-17-14-13(15)16-5-6-18(10)14/h3-8H,1-2H3. The summed E-state index contributed by atoms with van der Waals surface area (Å²) in [6.07, 6.45) is 5.21. The quantitative estimate of drug-likeness (QED) is 0.743. The fraction of sp³-hybridized carbons (Fsp3) is 0.143. The van der Waals surface area contributed by atoms with Crippen LogP contribution in [0.25, 0.3) is 16.9 Å². The molecule has 0 aliphatic heterocycles. The summed E-state index contributed by atoms with van der Waals surface area (Å²) >= 11 is 6.02. The largest absolute Gasteiger partial charge is 0.493 e. The summed E-state index contributed by atoms with van der Waals surface area (Å²) < 4.78 is 12.4. The van der Waals surface area contributed by atoms with Crippen LogP contribution in [0.2, 0.25) is 5.15 Å². The third-order valence-electron chi connectivity index (χ3n) is 3.06. The zero-order chi connectivity index (χ0) is 14.1. The minimum atomic E-state index is 0.374. The molecular weight excluding hydrogens is 278 g/mol. The number of aromatic nitrogens is 3. The van der Waals surface area contributed by atoms with Crippen LogP contribution in [0, 0.1) is 0 Å². The Bertz CT molecular complexity index is 770. The molecule has 3 rings (SSSR count). The minimum Gasteiger partial charge on any atom is -0.493 e. The van der Waals surface area contributed by atoms with E-state index in [9.17, 15) is 0 Å². The molecule has 0 unspecified atom stereocenters. The first kappa shape index (κ1) is 12.7. The van der Waals surface area contributed by atoms with Crippen molar-refractivity contribution in [2.24, 2.45) is 0 Å². The van der Waals surface area contributed by atoms with Gasteiger partial charge in [-0.3, -0.25) is 4.40 Å². The van der Waals surface area contributed by atoms with E-state index in [-0.39, 0.29) is 0 Å². The molecule has 0 aliphatic rings. The summed E-state index contributed by atoms with van der Waals surface area (Å²) in [5, 5.41) is 0.374. The topological polar surface area (TPSA) is 48.7 Å². The van der Waals surface area contributed by atoms with Gasteiger partial charge in [0.15, 0.2) is 22.3 Å². The van der Waals surface area contributed by atoms with E-state index in [0.717, 1.165) is 11.3 Å². The molecule has 5 nitrogen and oxygen atoms in total. The van der Waals surface area contributed by atoms with Gasteiger partial charge in [-0.1, -0.05) is 11.6 Å². The maximum absolute atomic E-state index is 6.02.